The van der Waals surface area contributed by atoms with Crippen LogP contribution in [0.15, 0.2) is 47.8 Å². The minimum atomic E-state index is -4.65. The number of rotatable bonds is 7. The van der Waals surface area contributed by atoms with Crippen LogP contribution >= 0.6 is 11.6 Å². The fourth-order valence-electron chi connectivity index (χ4n) is 4.84. The van der Waals surface area contributed by atoms with Crippen molar-refractivity contribution in [2.45, 2.75) is 37.7 Å². The SMILES string of the molecule is Cc1ccc(NC(=O)C2=CCC(Cl)C(C(F)(F)F)=C2)cc1C#CC(=N)c1c(N)ncnc1NC[C@@H]1CCCN(S(C)(=O)=O)C1. The fourth-order valence-corrected chi connectivity index (χ4v) is 6.06. The van der Waals surface area contributed by atoms with E-state index >= 15 is 0 Å². The van der Waals surface area contributed by atoms with E-state index in [1.165, 1.54) is 23.0 Å². The average Bonchev–Trinajstić information content (AvgIpc) is 2.95. The predicted molar refractivity (Wildman–Crippen MR) is 164 cm³/mol. The number of halogens is 4. The maximum atomic E-state index is 13.3. The van der Waals surface area contributed by atoms with E-state index in [-0.39, 0.29) is 40.8 Å². The molecule has 1 unspecified atom stereocenters. The van der Waals surface area contributed by atoms with Crippen molar-refractivity contribution in [3.8, 4) is 11.8 Å². The molecule has 0 radical (unpaired) electrons. The number of aromatic nitrogens is 2. The molecule has 2 heterocycles. The summed E-state index contributed by atoms with van der Waals surface area (Å²) in [7, 11) is -3.30. The van der Waals surface area contributed by atoms with E-state index in [9.17, 15) is 26.4 Å². The second-order valence-electron chi connectivity index (χ2n) is 10.6. The van der Waals surface area contributed by atoms with Gasteiger partial charge in [-0.15, -0.1) is 11.6 Å². The smallest absolute Gasteiger partial charge is 0.383 e. The van der Waals surface area contributed by atoms with Crippen molar-refractivity contribution in [1.29, 1.82) is 5.41 Å². The molecule has 10 nitrogen and oxygen atoms in total. The largest absolute Gasteiger partial charge is 0.414 e. The molecule has 2 aromatic rings. The number of hydrogen-bond donors (Lipinski definition) is 4. The maximum absolute atomic E-state index is 13.3. The summed E-state index contributed by atoms with van der Waals surface area (Å²) < 4.78 is 65.2. The van der Waals surface area contributed by atoms with Crippen LogP contribution in [0, 0.1) is 30.1 Å². The Morgan fingerprint density at radius 3 is 2.75 bits per heavy atom. The third kappa shape index (κ3) is 8.16. The van der Waals surface area contributed by atoms with Crippen LogP contribution in [0.25, 0.3) is 0 Å². The number of benzene rings is 1. The third-order valence-electron chi connectivity index (χ3n) is 7.24. The number of sulfonamides is 1. The van der Waals surface area contributed by atoms with Gasteiger partial charge in [-0.2, -0.15) is 13.2 Å². The number of nitrogens with one attached hydrogen (secondary N) is 3. The molecule has 2 aliphatic rings. The van der Waals surface area contributed by atoms with Crippen molar-refractivity contribution in [2.24, 2.45) is 5.92 Å². The monoisotopic (exact) mass is 649 g/mol. The zero-order chi connectivity index (χ0) is 32.2. The highest BCUT2D eigenvalue weighted by molar-refractivity contribution is 7.88. The summed E-state index contributed by atoms with van der Waals surface area (Å²) in [5.41, 5.74) is 6.46. The lowest BCUT2D eigenvalue weighted by atomic mass is 9.98. The van der Waals surface area contributed by atoms with Gasteiger partial charge in [0.25, 0.3) is 5.91 Å². The van der Waals surface area contributed by atoms with Crippen LogP contribution < -0.4 is 16.4 Å². The van der Waals surface area contributed by atoms with Gasteiger partial charge in [0.05, 0.1) is 22.8 Å². The summed E-state index contributed by atoms with van der Waals surface area (Å²) in [6.45, 7) is 3.03. The zero-order valence-electron chi connectivity index (χ0n) is 23.9. The van der Waals surface area contributed by atoms with Crippen LogP contribution in [0.1, 0.15) is 36.0 Å². The van der Waals surface area contributed by atoms with Gasteiger partial charge in [-0.25, -0.2) is 22.7 Å². The van der Waals surface area contributed by atoms with E-state index in [4.69, 9.17) is 22.7 Å². The standard InChI is InChI=1S/C29H31ClF3N7O3S/c1-17-5-8-21(39-28(41)20-6-9-23(30)22(13-20)29(31,32)33)12-19(17)7-10-24(34)25-26(35)37-16-38-27(25)36-14-18-4-3-11-40(15-18)44(2,42)43/h5-6,8,12-13,16,18,23,34H,3-4,9,11,14-15H2,1-2H3,(H,39,41)(H3,35,36,37,38)/t18-,23?/m0/s1. The van der Waals surface area contributed by atoms with Gasteiger partial charge < -0.3 is 16.4 Å². The van der Waals surface area contributed by atoms with E-state index in [0.29, 0.717) is 30.9 Å². The second kappa shape index (κ2) is 13.4. The molecule has 2 atom stereocenters. The Morgan fingerprint density at radius 1 is 1.30 bits per heavy atom. The minimum absolute atomic E-state index is 0.0275. The Kier molecular flexibility index (Phi) is 10.0. The molecule has 1 aromatic carbocycles. The van der Waals surface area contributed by atoms with Gasteiger partial charge in [0.2, 0.25) is 10.0 Å². The molecule has 0 spiro atoms. The van der Waals surface area contributed by atoms with Crippen molar-refractivity contribution < 1.29 is 26.4 Å². The van der Waals surface area contributed by atoms with Crippen molar-refractivity contribution >= 4 is 50.6 Å². The van der Waals surface area contributed by atoms with Gasteiger partial charge in [0.1, 0.15) is 23.7 Å². The van der Waals surface area contributed by atoms with Gasteiger partial charge in [-0.1, -0.05) is 18.1 Å². The molecule has 1 fully saturated rings. The highest BCUT2D eigenvalue weighted by Gasteiger charge is 2.39. The molecule has 44 heavy (non-hydrogen) atoms. The highest BCUT2D eigenvalue weighted by Crippen LogP contribution is 2.36. The number of nitrogens with zero attached hydrogens (tertiary/aromatic N) is 3. The Hall–Kier alpha value is -3.93. The lowest BCUT2D eigenvalue weighted by Gasteiger charge is -2.31. The second-order valence-corrected chi connectivity index (χ2v) is 13.1. The van der Waals surface area contributed by atoms with Crippen molar-refractivity contribution in [3.63, 3.8) is 0 Å². The molecule has 0 saturated carbocycles. The van der Waals surface area contributed by atoms with E-state index in [2.05, 4.69) is 32.4 Å². The van der Waals surface area contributed by atoms with Crippen molar-refractivity contribution in [1.82, 2.24) is 14.3 Å². The Morgan fingerprint density at radius 2 is 2.05 bits per heavy atom. The third-order valence-corrected chi connectivity index (χ3v) is 8.92. The number of aryl methyl sites for hydroxylation is 1. The van der Waals surface area contributed by atoms with Crippen LogP contribution in [0.4, 0.5) is 30.5 Å². The minimum Gasteiger partial charge on any atom is -0.383 e. The van der Waals surface area contributed by atoms with Crippen LogP contribution in [0.3, 0.4) is 0 Å². The van der Waals surface area contributed by atoms with Crippen LogP contribution in [-0.4, -0.2) is 71.8 Å². The summed E-state index contributed by atoms with van der Waals surface area (Å²) in [5, 5.41) is 13.1. The number of hydrogen-bond acceptors (Lipinski definition) is 8. The molecule has 1 aliphatic carbocycles. The average molecular weight is 650 g/mol. The first-order chi connectivity index (χ1) is 20.6. The number of allylic oxidation sites excluding steroid dienone is 2. The molecule has 4 rings (SSSR count). The summed E-state index contributed by atoms with van der Waals surface area (Å²) in [5.74, 6) is 5.26. The van der Waals surface area contributed by atoms with E-state index in [1.54, 1.807) is 25.1 Å². The van der Waals surface area contributed by atoms with Crippen LogP contribution in [-0.2, 0) is 14.8 Å². The Bertz CT molecular complexity index is 1700. The number of carbonyl (C=O) groups is 1. The van der Waals surface area contributed by atoms with Crippen LogP contribution in [0.5, 0.6) is 0 Å². The number of carbonyl (C=O) groups excluding carboxylic acids is 1. The number of piperidine rings is 1. The van der Waals surface area contributed by atoms with E-state index in [0.717, 1.165) is 24.5 Å². The van der Waals surface area contributed by atoms with Gasteiger partial charge in [-0.05, 0) is 61.8 Å². The van der Waals surface area contributed by atoms with Crippen molar-refractivity contribution in [2.75, 3.05) is 42.3 Å². The molecule has 1 aliphatic heterocycles. The molecule has 5 N–H and O–H groups in total. The van der Waals surface area contributed by atoms with Gasteiger partial charge in [-0.3, -0.25) is 10.2 Å². The topological polar surface area (TPSA) is 154 Å². The molecule has 1 saturated heterocycles. The summed E-state index contributed by atoms with van der Waals surface area (Å²) >= 11 is 5.79. The van der Waals surface area contributed by atoms with E-state index < -0.39 is 33.1 Å². The Labute approximate surface area is 258 Å². The number of nitrogens with two attached hydrogens (primary N) is 1. The van der Waals surface area contributed by atoms with Crippen LogP contribution in [0.2, 0.25) is 0 Å². The first kappa shape index (κ1) is 33.0. The van der Waals surface area contributed by atoms with Gasteiger partial charge >= 0.3 is 6.18 Å². The molecular weight excluding hydrogens is 619 g/mol. The predicted octanol–water partition coefficient (Wildman–Crippen LogP) is 4.23. The summed E-state index contributed by atoms with van der Waals surface area (Å²) in [6, 6.07) is 4.82. The van der Waals surface area contributed by atoms with Gasteiger partial charge in [0.15, 0.2) is 0 Å². The van der Waals surface area contributed by atoms with Crippen molar-refractivity contribution in [3.05, 3.63) is 64.5 Å². The lowest BCUT2D eigenvalue weighted by molar-refractivity contribution is -0.112. The normalized spacial score (nSPS) is 19.2. The first-order valence-corrected chi connectivity index (χ1v) is 15.9. The number of anilines is 3. The summed E-state index contributed by atoms with van der Waals surface area (Å²) in [6.07, 6.45) is 1.31. The number of nitrogen functional groups attached to an aromatic ring is 1. The van der Waals surface area contributed by atoms with E-state index in [1.807, 2.05) is 0 Å². The molecule has 15 heteroatoms. The molecule has 234 valence electrons. The number of alkyl halides is 4. The molecule has 1 aromatic heterocycles. The first-order valence-electron chi connectivity index (χ1n) is 13.6. The summed E-state index contributed by atoms with van der Waals surface area (Å²) in [4.78, 5) is 20.9. The highest BCUT2D eigenvalue weighted by atomic mass is 35.5. The molecule has 0 bridgehead atoms. The molecule has 1 amide bonds. The lowest BCUT2D eigenvalue weighted by Crippen LogP contribution is -2.41. The maximum Gasteiger partial charge on any atom is 0.414 e. The fraction of sp³-hybridized carbons (Fsp3) is 0.379. The quantitative estimate of drug-likeness (QED) is 0.199. The number of amides is 1. The molecular formula is C29H31ClF3N7O3S. The zero-order valence-corrected chi connectivity index (χ0v) is 25.5. The Balaban J connectivity index is 1.49. The van der Waals surface area contributed by atoms with Gasteiger partial charge in [0, 0.05) is 36.5 Å².